The lowest BCUT2D eigenvalue weighted by molar-refractivity contribution is 0.342. The average molecular weight is 333 g/mol. The number of hydrogen-bond donors (Lipinski definition) is 0. The number of para-hydroxylation sites is 1. The standard InChI is InChI=1S/C18H15N5O2/c1-11-5-3-7-14-15(11)20-10-23(18(14)24)12(2)17-21-16(22-25-17)13-6-4-8-19-9-13/h3-10,12H,1-2H3/t12-/m1/s1. The molecule has 0 radical (unpaired) electrons. The molecule has 4 rings (SSSR count). The fourth-order valence-corrected chi connectivity index (χ4v) is 2.73. The van der Waals surface area contributed by atoms with Gasteiger partial charge in [-0.15, -0.1) is 0 Å². The van der Waals surface area contributed by atoms with Crippen molar-refractivity contribution in [3.8, 4) is 11.4 Å². The van der Waals surface area contributed by atoms with E-state index in [-0.39, 0.29) is 5.56 Å². The smallest absolute Gasteiger partial charge is 0.261 e. The van der Waals surface area contributed by atoms with Crippen molar-refractivity contribution >= 4 is 10.9 Å². The summed E-state index contributed by atoms with van der Waals surface area (Å²) in [5.74, 6) is 0.780. The molecule has 0 spiro atoms. The van der Waals surface area contributed by atoms with Crippen LogP contribution in [0.15, 0.2) is 58.4 Å². The van der Waals surface area contributed by atoms with Gasteiger partial charge in [-0.2, -0.15) is 4.98 Å². The zero-order valence-electron chi connectivity index (χ0n) is 13.7. The summed E-state index contributed by atoms with van der Waals surface area (Å²) in [6, 6.07) is 8.77. The summed E-state index contributed by atoms with van der Waals surface area (Å²) in [6.45, 7) is 3.76. The molecule has 0 aliphatic rings. The molecule has 0 N–H and O–H groups in total. The van der Waals surface area contributed by atoms with E-state index in [0.29, 0.717) is 22.6 Å². The second kappa shape index (κ2) is 5.94. The summed E-state index contributed by atoms with van der Waals surface area (Å²) < 4.78 is 6.85. The van der Waals surface area contributed by atoms with Crippen LogP contribution in [0.4, 0.5) is 0 Å². The van der Waals surface area contributed by atoms with Gasteiger partial charge in [-0.3, -0.25) is 14.3 Å². The van der Waals surface area contributed by atoms with E-state index in [1.54, 1.807) is 24.5 Å². The van der Waals surface area contributed by atoms with Gasteiger partial charge in [-0.05, 0) is 37.6 Å². The molecule has 124 valence electrons. The van der Waals surface area contributed by atoms with Gasteiger partial charge in [0.05, 0.1) is 17.2 Å². The van der Waals surface area contributed by atoms with Gasteiger partial charge < -0.3 is 4.52 Å². The van der Waals surface area contributed by atoms with E-state index in [4.69, 9.17) is 4.52 Å². The Bertz CT molecular complexity index is 1100. The van der Waals surface area contributed by atoms with Crippen molar-refractivity contribution in [3.05, 3.63) is 70.9 Å². The van der Waals surface area contributed by atoms with Gasteiger partial charge in [0, 0.05) is 18.0 Å². The average Bonchev–Trinajstić information content (AvgIpc) is 3.13. The Hall–Kier alpha value is -3.35. The molecule has 1 atom stereocenters. The van der Waals surface area contributed by atoms with Gasteiger partial charge in [-0.1, -0.05) is 17.3 Å². The van der Waals surface area contributed by atoms with E-state index < -0.39 is 6.04 Å². The van der Waals surface area contributed by atoms with E-state index in [1.165, 1.54) is 10.9 Å². The van der Waals surface area contributed by atoms with Crippen molar-refractivity contribution in [2.45, 2.75) is 19.9 Å². The van der Waals surface area contributed by atoms with Crippen LogP contribution < -0.4 is 5.56 Å². The Labute approximate surface area is 143 Å². The summed E-state index contributed by atoms with van der Waals surface area (Å²) in [6.07, 6.45) is 4.86. The lowest BCUT2D eigenvalue weighted by atomic mass is 10.1. The van der Waals surface area contributed by atoms with Crippen LogP contribution in [0.3, 0.4) is 0 Å². The summed E-state index contributed by atoms with van der Waals surface area (Å²) in [5, 5.41) is 4.55. The summed E-state index contributed by atoms with van der Waals surface area (Å²) in [4.78, 5) is 25.6. The topological polar surface area (TPSA) is 86.7 Å². The molecule has 0 aliphatic heterocycles. The molecule has 0 saturated carbocycles. The Kier molecular flexibility index (Phi) is 3.61. The first-order valence-electron chi connectivity index (χ1n) is 7.85. The molecule has 3 heterocycles. The van der Waals surface area contributed by atoms with Crippen LogP contribution in [0.2, 0.25) is 0 Å². The number of rotatable bonds is 3. The Morgan fingerprint density at radius 2 is 2.08 bits per heavy atom. The molecule has 1 aromatic carbocycles. The van der Waals surface area contributed by atoms with Crippen LogP contribution in [-0.2, 0) is 0 Å². The van der Waals surface area contributed by atoms with E-state index >= 15 is 0 Å². The van der Waals surface area contributed by atoms with Crippen molar-refractivity contribution in [2.24, 2.45) is 0 Å². The zero-order valence-corrected chi connectivity index (χ0v) is 13.7. The predicted molar refractivity (Wildman–Crippen MR) is 92.1 cm³/mol. The summed E-state index contributed by atoms with van der Waals surface area (Å²) in [7, 11) is 0. The Morgan fingerprint density at radius 1 is 1.20 bits per heavy atom. The predicted octanol–water partition coefficient (Wildman–Crippen LogP) is 2.76. The van der Waals surface area contributed by atoms with Crippen molar-refractivity contribution in [3.63, 3.8) is 0 Å². The fourth-order valence-electron chi connectivity index (χ4n) is 2.73. The second-order valence-corrected chi connectivity index (χ2v) is 5.80. The highest BCUT2D eigenvalue weighted by atomic mass is 16.5. The van der Waals surface area contributed by atoms with Crippen LogP contribution >= 0.6 is 0 Å². The lowest BCUT2D eigenvalue weighted by Gasteiger charge is -2.11. The molecule has 0 amide bonds. The highest BCUT2D eigenvalue weighted by Gasteiger charge is 2.19. The minimum Gasteiger partial charge on any atom is -0.337 e. The monoisotopic (exact) mass is 333 g/mol. The van der Waals surface area contributed by atoms with Gasteiger partial charge in [0.15, 0.2) is 0 Å². The Balaban J connectivity index is 1.76. The molecule has 0 unspecified atom stereocenters. The van der Waals surface area contributed by atoms with E-state index in [2.05, 4.69) is 20.1 Å². The lowest BCUT2D eigenvalue weighted by Crippen LogP contribution is -2.24. The zero-order chi connectivity index (χ0) is 17.4. The SMILES string of the molecule is Cc1cccc2c(=O)n([C@H](C)c3nc(-c4cccnc4)no3)cnc12. The number of aromatic nitrogens is 5. The Morgan fingerprint density at radius 3 is 2.88 bits per heavy atom. The third-order valence-electron chi connectivity index (χ3n) is 4.15. The third-order valence-corrected chi connectivity index (χ3v) is 4.15. The summed E-state index contributed by atoms with van der Waals surface area (Å²) >= 11 is 0. The summed E-state index contributed by atoms with van der Waals surface area (Å²) in [5.41, 5.74) is 2.29. The highest BCUT2D eigenvalue weighted by Crippen LogP contribution is 2.20. The van der Waals surface area contributed by atoms with Crippen LogP contribution in [0.5, 0.6) is 0 Å². The first kappa shape index (κ1) is 15.2. The quantitative estimate of drug-likeness (QED) is 0.573. The fraction of sp³-hybridized carbons (Fsp3) is 0.167. The number of benzene rings is 1. The highest BCUT2D eigenvalue weighted by molar-refractivity contribution is 5.80. The molecular weight excluding hydrogens is 318 g/mol. The second-order valence-electron chi connectivity index (χ2n) is 5.80. The number of hydrogen-bond acceptors (Lipinski definition) is 6. The molecule has 3 aromatic heterocycles. The van der Waals surface area contributed by atoms with Crippen LogP contribution in [0.1, 0.15) is 24.4 Å². The van der Waals surface area contributed by atoms with Crippen molar-refractivity contribution in [1.82, 2.24) is 24.7 Å². The van der Waals surface area contributed by atoms with Gasteiger partial charge in [-0.25, -0.2) is 4.98 Å². The molecular formula is C18H15N5O2. The first-order chi connectivity index (χ1) is 12.1. The van der Waals surface area contributed by atoms with Crippen molar-refractivity contribution in [1.29, 1.82) is 0 Å². The van der Waals surface area contributed by atoms with Crippen molar-refractivity contribution < 1.29 is 4.52 Å². The minimum atomic E-state index is -0.428. The van der Waals surface area contributed by atoms with E-state index in [0.717, 1.165) is 11.1 Å². The molecule has 0 saturated heterocycles. The number of pyridine rings is 1. The molecule has 7 heteroatoms. The van der Waals surface area contributed by atoms with Gasteiger partial charge in [0.25, 0.3) is 5.56 Å². The largest absolute Gasteiger partial charge is 0.337 e. The molecule has 0 aliphatic carbocycles. The van der Waals surface area contributed by atoms with Gasteiger partial charge >= 0.3 is 0 Å². The normalized spacial score (nSPS) is 12.4. The molecule has 0 bridgehead atoms. The number of fused-ring (bicyclic) bond motifs is 1. The number of aryl methyl sites for hydroxylation is 1. The van der Waals surface area contributed by atoms with Gasteiger partial charge in [0.2, 0.25) is 11.7 Å². The van der Waals surface area contributed by atoms with Crippen LogP contribution in [0.25, 0.3) is 22.3 Å². The minimum absolute atomic E-state index is 0.137. The van der Waals surface area contributed by atoms with E-state index in [9.17, 15) is 4.79 Å². The van der Waals surface area contributed by atoms with Gasteiger partial charge in [0.1, 0.15) is 6.04 Å². The molecule has 7 nitrogen and oxygen atoms in total. The molecule has 4 aromatic rings. The number of nitrogens with zero attached hydrogens (tertiary/aromatic N) is 5. The maximum atomic E-state index is 12.8. The molecule has 0 fully saturated rings. The van der Waals surface area contributed by atoms with Crippen LogP contribution in [-0.4, -0.2) is 24.7 Å². The molecule has 25 heavy (non-hydrogen) atoms. The van der Waals surface area contributed by atoms with Crippen molar-refractivity contribution in [2.75, 3.05) is 0 Å². The van der Waals surface area contributed by atoms with Crippen LogP contribution in [0, 0.1) is 6.92 Å². The maximum Gasteiger partial charge on any atom is 0.261 e. The third kappa shape index (κ3) is 2.59. The van der Waals surface area contributed by atoms with E-state index in [1.807, 2.05) is 32.0 Å². The maximum absolute atomic E-state index is 12.8. The first-order valence-corrected chi connectivity index (χ1v) is 7.85.